The van der Waals surface area contributed by atoms with Crippen molar-refractivity contribution in [1.82, 2.24) is 4.98 Å². The zero-order valence-corrected chi connectivity index (χ0v) is 10.9. The summed E-state index contributed by atoms with van der Waals surface area (Å²) >= 11 is 13.5. The molecule has 0 fully saturated rings. The molecule has 2 nitrogen and oxygen atoms in total. The maximum Gasteiger partial charge on any atom is 0.0803 e. The van der Waals surface area contributed by atoms with E-state index in [9.17, 15) is 0 Å². The molecule has 0 radical (unpaired) electrons. The van der Waals surface area contributed by atoms with E-state index < -0.39 is 0 Å². The van der Waals surface area contributed by atoms with Crippen LogP contribution in [0.4, 0.5) is 0 Å². The van der Waals surface area contributed by atoms with Crippen molar-refractivity contribution in [1.29, 1.82) is 0 Å². The third-order valence-corrected chi connectivity index (χ3v) is 3.63. The van der Waals surface area contributed by atoms with E-state index in [0.29, 0.717) is 15.7 Å². The van der Waals surface area contributed by atoms with Crippen molar-refractivity contribution in [2.45, 2.75) is 13.0 Å². The van der Waals surface area contributed by atoms with Gasteiger partial charge in [0.25, 0.3) is 0 Å². The standard InChI is InChI=1S/C11H10Cl2N2S/c1-6-2-7(5-16-6)10(14)11-9(13)3-8(12)4-15-11/h2-5,10H,14H2,1H3. The number of aromatic nitrogens is 1. The van der Waals surface area contributed by atoms with E-state index in [0.717, 1.165) is 5.56 Å². The predicted octanol–water partition coefficient (Wildman–Crippen LogP) is 3.81. The van der Waals surface area contributed by atoms with Crippen LogP contribution in [0, 0.1) is 6.92 Å². The first-order valence-electron chi connectivity index (χ1n) is 4.69. The van der Waals surface area contributed by atoms with Crippen LogP contribution in [0.3, 0.4) is 0 Å². The highest BCUT2D eigenvalue weighted by Gasteiger charge is 2.15. The second-order valence-corrected chi connectivity index (χ2v) is 5.45. The molecule has 0 bridgehead atoms. The molecule has 5 heteroatoms. The summed E-state index contributed by atoms with van der Waals surface area (Å²) in [6.45, 7) is 2.04. The molecule has 0 spiro atoms. The summed E-state index contributed by atoms with van der Waals surface area (Å²) in [4.78, 5) is 5.40. The molecule has 0 aliphatic rings. The van der Waals surface area contributed by atoms with Gasteiger partial charge in [-0.15, -0.1) is 11.3 Å². The number of aryl methyl sites for hydroxylation is 1. The molecule has 0 aromatic carbocycles. The van der Waals surface area contributed by atoms with Gasteiger partial charge in [0.15, 0.2) is 0 Å². The number of halogens is 2. The minimum absolute atomic E-state index is 0.297. The lowest BCUT2D eigenvalue weighted by Gasteiger charge is -2.11. The molecule has 0 amide bonds. The van der Waals surface area contributed by atoms with Gasteiger partial charge in [0.05, 0.1) is 21.8 Å². The van der Waals surface area contributed by atoms with E-state index >= 15 is 0 Å². The lowest BCUT2D eigenvalue weighted by Crippen LogP contribution is -2.13. The van der Waals surface area contributed by atoms with Crippen molar-refractivity contribution in [2.24, 2.45) is 5.73 Å². The molecular weight excluding hydrogens is 263 g/mol. The van der Waals surface area contributed by atoms with Crippen molar-refractivity contribution in [3.8, 4) is 0 Å². The molecule has 0 saturated carbocycles. The van der Waals surface area contributed by atoms with E-state index in [4.69, 9.17) is 28.9 Å². The Morgan fingerprint density at radius 1 is 1.38 bits per heavy atom. The molecule has 0 aliphatic heterocycles. The summed E-state index contributed by atoms with van der Waals surface area (Å²) < 4.78 is 0. The molecule has 0 saturated heterocycles. The first kappa shape index (κ1) is 11.9. The fourth-order valence-corrected chi connectivity index (χ4v) is 2.68. The number of thiophene rings is 1. The molecule has 2 rings (SSSR count). The summed E-state index contributed by atoms with van der Waals surface area (Å²) in [6, 6.07) is 3.40. The van der Waals surface area contributed by atoms with Crippen molar-refractivity contribution in [3.05, 3.63) is 49.9 Å². The topological polar surface area (TPSA) is 38.9 Å². The van der Waals surface area contributed by atoms with Gasteiger partial charge in [0, 0.05) is 11.1 Å². The van der Waals surface area contributed by atoms with E-state index in [1.54, 1.807) is 23.6 Å². The largest absolute Gasteiger partial charge is 0.319 e. The van der Waals surface area contributed by atoms with Crippen LogP contribution in [-0.2, 0) is 0 Å². The normalized spacial score (nSPS) is 12.8. The number of hydrogen-bond donors (Lipinski definition) is 1. The molecule has 1 unspecified atom stereocenters. The quantitative estimate of drug-likeness (QED) is 0.903. The highest BCUT2D eigenvalue weighted by atomic mass is 35.5. The van der Waals surface area contributed by atoms with Crippen LogP contribution >= 0.6 is 34.5 Å². The fourth-order valence-electron chi connectivity index (χ4n) is 1.44. The number of pyridine rings is 1. The minimum Gasteiger partial charge on any atom is -0.319 e. The van der Waals surface area contributed by atoms with Crippen LogP contribution in [0.15, 0.2) is 23.7 Å². The van der Waals surface area contributed by atoms with Crippen molar-refractivity contribution < 1.29 is 0 Å². The van der Waals surface area contributed by atoms with Crippen LogP contribution in [0.1, 0.15) is 22.2 Å². The van der Waals surface area contributed by atoms with E-state index in [1.807, 2.05) is 18.4 Å². The molecule has 84 valence electrons. The van der Waals surface area contributed by atoms with Gasteiger partial charge in [-0.3, -0.25) is 4.98 Å². The first-order chi connectivity index (χ1) is 7.58. The van der Waals surface area contributed by atoms with Crippen molar-refractivity contribution in [3.63, 3.8) is 0 Å². The Hall–Kier alpha value is -0.610. The lowest BCUT2D eigenvalue weighted by atomic mass is 10.1. The Balaban J connectivity index is 2.37. The number of rotatable bonds is 2. The van der Waals surface area contributed by atoms with Crippen molar-refractivity contribution in [2.75, 3.05) is 0 Å². The number of nitrogens with zero attached hydrogens (tertiary/aromatic N) is 1. The molecule has 2 aromatic heterocycles. The van der Waals surface area contributed by atoms with Gasteiger partial charge in [0.1, 0.15) is 0 Å². The SMILES string of the molecule is Cc1cc(C(N)c2ncc(Cl)cc2Cl)cs1. The van der Waals surface area contributed by atoms with Gasteiger partial charge in [-0.1, -0.05) is 23.2 Å². The average Bonchev–Trinajstić information content (AvgIpc) is 2.64. The molecule has 2 N–H and O–H groups in total. The van der Waals surface area contributed by atoms with Gasteiger partial charge in [-0.25, -0.2) is 0 Å². The highest BCUT2D eigenvalue weighted by molar-refractivity contribution is 7.10. The Morgan fingerprint density at radius 2 is 2.12 bits per heavy atom. The lowest BCUT2D eigenvalue weighted by molar-refractivity contribution is 0.833. The summed E-state index contributed by atoms with van der Waals surface area (Å²) in [5.74, 6) is 0. The van der Waals surface area contributed by atoms with Gasteiger partial charge in [-0.05, 0) is 30.0 Å². The van der Waals surface area contributed by atoms with Crippen LogP contribution in [0.25, 0.3) is 0 Å². The van der Waals surface area contributed by atoms with E-state index in [2.05, 4.69) is 4.98 Å². The molecular formula is C11H10Cl2N2S. The van der Waals surface area contributed by atoms with Gasteiger partial charge < -0.3 is 5.73 Å². The third-order valence-electron chi connectivity index (χ3n) is 2.24. The van der Waals surface area contributed by atoms with Gasteiger partial charge >= 0.3 is 0 Å². The highest BCUT2D eigenvalue weighted by Crippen LogP contribution is 2.28. The van der Waals surface area contributed by atoms with E-state index in [-0.39, 0.29) is 6.04 Å². The second-order valence-electron chi connectivity index (χ2n) is 3.49. The van der Waals surface area contributed by atoms with Crippen molar-refractivity contribution >= 4 is 34.5 Å². The summed E-state index contributed by atoms with van der Waals surface area (Å²) in [6.07, 6.45) is 1.56. The predicted molar refractivity (Wildman–Crippen MR) is 69.3 cm³/mol. The third kappa shape index (κ3) is 2.38. The fraction of sp³-hybridized carbons (Fsp3) is 0.182. The van der Waals surface area contributed by atoms with Crippen LogP contribution in [0.5, 0.6) is 0 Å². The molecule has 2 aromatic rings. The monoisotopic (exact) mass is 272 g/mol. The maximum absolute atomic E-state index is 6.10. The summed E-state index contributed by atoms with van der Waals surface area (Å²) in [7, 11) is 0. The number of nitrogens with two attached hydrogens (primary N) is 1. The van der Waals surface area contributed by atoms with Crippen LogP contribution in [0.2, 0.25) is 10.0 Å². The zero-order valence-electron chi connectivity index (χ0n) is 8.58. The minimum atomic E-state index is -0.297. The molecule has 0 aliphatic carbocycles. The zero-order chi connectivity index (χ0) is 11.7. The van der Waals surface area contributed by atoms with Crippen LogP contribution < -0.4 is 5.73 Å². The van der Waals surface area contributed by atoms with Gasteiger partial charge in [-0.2, -0.15) is 0 Å². The Bertz CT molecular complexity index is 510. The van der Waals surface area contributed by atoms with E-state index in [1.165, 1.54) is 4.88 Å². The van der Waals surface area contributed by atoms with Gasteiger partial charge in [0.2, 0.25) is 0 Å². The summed E-state index contributed by atoms with van der Waals surface area (Å²) in [5, 5.41) is 3.04. The molecule has 2 heterocycles. The Morgan fingerprint density at radius 3 is 2.69 bits per heavy atom. The average molecular weight is 273 g/mol. The number of hydrogen-bond acceptors (Lipinski definition) is 3. The second kappa shape index (κ2) is 4.72. The Labute approximate surface area is 108 Å². The molecule has 16 heavy (non-hydrogen) atoms. The molecule has 1 atom stereocenters. The summed E-state index contributed by atoms with van der Waals surface area (Å²) in [5.41, 5.74) is 7.78. The smallest absolute Gasteiger partial charge is 0.0803 e. The maximum atomic E-state index is 6.10. The Kier molecular flexibility index (Phi) is 3.50. The first-order valence-corrected chi connectivity index (χ1v) is 6.33. The van der Waals surface area contributed by atoms with Crippen LogP contribution in [-0.4, -0.2) is 4.98 Å².